The van der Waals surface area contributed by atoms with Gasteiger partial charge in [-0.2, -0.15) is 0 Å². The van der Waals surface area contributed by atoms with E-state index in [1.807, 2.05) is 54.6 Å². The molecule has 1 unspecified atom stereocenters. The lowest BCUT2D eigenvalue weighted by molar-refractivity contribution is -0.136. The minimum atomic E-state index is -0.644. The summed E-state index contributed by atoms with van der Waals surface area (Å²) < 4.78 is 9.58. The van der Waals surface area contributed by atoms with Crippen LogP contribution in [0, 0.1) is 6.92 Å². The Morgan fingerprint density at radius 2 is 1.74 bits per heavy atom. The summed E-state index contributed by atoms with van der Waals surface area (Å²) in [6, 6.07) is 23.5. The van der Waals surface area contributed by atoms with E-state index in [1.165, 1.54) is 24.0 Å². The molecule has 2 aromatic heterocycles. The molecule has 1 atom stereocenters. The number of aromatic nitrogens is 2. The minimum Gasteiger partial charge on any atom is -0.466 e. The maximum Gasteiger partial charge on any atom is 0.338 e. The Morgan fingerprint density at radius 1 is 1.05 bits per heavy atom. The van der Waals surface area contributed by atoms with E-state index < -0.39 is 12.0 Å². The second-order valence-electron chi connectivity index (χ2n) is 11.1. The fourth-order valence-electron chi connectivity index (χ4n) is 5.84. The van der Waals surface area contributed by atoms with Crippen LogP contribution < -0.4 is 14.9 Å². The van der Waals surface area contributed by atoms with Crippen molar-refractivity contribution in [2.24, 2.45) is 4.99 Å². The Labute approximate surface area is 258 Å². The van der Waals surface area contributed by atoms with E-state index in [1.54, 1.807) is 11.5 Å². The number of fused-ring (bicyclic) bond motifs is 2. The summed E-state index contributed by atoms with van der Waals surface area (Å²) in [7, 11) is 1.35. The molecule has 0 radical (unpaired) electrons. The number of hydrogen-bond acceptors (Lipinski definition) is 5. The van der Waals surface area contributed by atoms with Gasteiger partial charge in [0, 0.05) is 33.7 Å². The zero-order valence-electron chi connectivity index (χ0n) is 24.7. The van der Waals surface area contributed by atoms with Gasteiger partial charge < -0.3 is 9.30 Å². The fraction of sp³-hybridized carbons (Fsp3) is 0.229. The first-order valence-corrected chi connectivity index (χ1v) is 15.4. The summed E-state index contributed by atoms with van der Waals surface area (Å²) in [5, 5.41) is 1.76. The number of benzene rings is 3. The zero-order chi connectivity index (χ0) is 30.4. The van der Waals surface area contributed by atoms with Crippen LogP contribution in [0.4, 0.5) is 0 Å². The maximum atomic E-state index is 14.2. The van der Waals surface area contributed by atoms with Crippen molar-refractivity contribution in [1.82, 2.24) is 9.13 Å². The summed E-state index contributed by atoms with van der Waals surface area (Å²) >= 11 is 7.86. The van der Waals surface area contributed by atoms with Crippen LogP contribution in [0.5, 0.6) is 0 Å². The highest BCUT2D eigenvalue weighted by atomic mass is 35.5. The third-order valence-electron chi connectivity index (χ3n) is 8.19. The molecule has 1 aliphatic heterocycles. The second kappa shape index (κ2) is 11.5. The molecule has 3 heterocycles. The van der Waals surface area contributed by atoms with Gasteiger partial charge in [-0.05, 0) is 54.7 Å². The van der Waals surface area contributed by atoms with Crippen LogP contribution in [0.15, 0.2) is 93.9 Å². The number of rotatable bonds is 6. The minimum absolute atomic E-state index is 0.196. The van der Waals surface area contributed by atoms with Crippen molar-refractivity contribution < 1.29 is 9.53 Å². The molecule has 6 rings (SSSR count). The van der Waals surface area contributed by atoms with Gasteiger partial charge in [0.1, 0.15) is 0 Å². The molecular formula is C35H32ClN3O3S. The predicted octanol–water partition coefficient (Wildman–Crippen LogP) is 6.50. The summed E-state index contributed by atoms with van der Waals surface area (Å²) in [6.45, 7) is 8.74. The largest absolute Gasteiger partial charge is 0.466 e. The van der Waals surface area contributed by atoms with Crippen molar-refractivity contribution >= 4 is 45.9 Å². The average molecular weight is 610 g/mol. The van der Waals surface area contributed by atoms with Crippen LogP contribution in [0.1, 0.15) is 60.7 Å². The summed E-state index contributed by atoms with van der Waals surface area (Å²) in [4.78, 5) is 32.5. The number of thiazole rings is 1. The summed E-state index contributed by atoms with van der Waals surface area (Å²) in [5.74, 6) is -0.136. The van der Waals surface area contributed by atoms with Gasteiger partial charge in [-0.25, -0.2) is 9.79 Å². The van der Waals surface area contributed by atoms with E-state index in [4.69, 9.17) is 21.3 Å². The first-order chi connectivity index (χ1) is 20.7. The molecule has 0 saturated heterocycles. The van der Waals surface area contributed by atoms with Crippen molar-refractivity contribution in [3.8, 4) is 0 Å². The van der Waals surface area contributed by atoms with Crippen LogP contribution in [0.3, 0.4) is 0 Å². The van der Waals surface area contributed by atoms with Gasteiger partial charge in [0.05, 0.1) is 29.0 Å². The van der Waals surface area contributed by atoms with Crippen LogP contribution >= 0.6 is 22.9 Å². The van der Waals surface area contributed by atoms with Crippen molar-refractivity contribution in [3.63, 3.8) is 0 Å². The molecule has 0 N–H and O–H groups in total. The Morgan fingerprint density at radius 3 is 2.44 bits per heavy atom. The number of carbonyl (C=O) groups excluding carboxylic acids is 1. The fourth-order valence-corrected chi connectivity index (χ4v) is 7.07. The van der Waals surface area contributed by atoms with E-state index in [2.05, 4.69) is 49.6 Å². The molecule has 5 aromatic rings. The molecule has 3 aromatic carbocycles. The Kier molecular flexibility index (Phi) is 7.71. The quantitative estimate of drug-likeness (QED) is 0.207. The number of ether oxygens (including phenoxy) is 1. The van der Waals surface area contributed by atoms with E-state index in [9.17, 15) is 9.59 Å². The first-order valence-electron chi connectivity index (χ1n) is 14.2. The Hall–Kier alpha value is -4.20. The number of halogens is 1. The van der Waals surface area contributed by atoms with Crippen molar-refractivity contribution in [2.45, 2.75) is 46.2 Å². The lowest BCUT2D eigenvalue weighted by Crippen LogP contribution is -2.39. The molecule has 8 heteroatoms. The second-order valence-corrected chi connectivity index (χ2v) is 12.5. The third-order valence-corrected chi connectivity index (χ3v) is 9.54. The molecule has 0 amide bonds. The number of esters is 1. The molecule has 0 bridgehead atoms. The smallest absolute Gasteiger partial charge is 0.338 e. The van der Waals surface area contributed by atoms with Gasteiger partial charge in [0.2, 0.25) is 0 Å². The SMILES string of the molecule is COC(=O)C1=C(C)N=c2s/c(=C\c3c(C)n(Cc4ccccc4Cl)c4ccccc34)c(=O)n2C1c1ccc(C(C)C)cc1. The van der Waals surface area contributed by atoms with Gasteiger partial charge in [0.25, 0.3) is 5.56 Å². The summed E-state index contributed by atoms with van der Waals surface area (Å²) in [6.07, 6.45) is 1.96. The molecular weight excluding hydrogens is 578 g/mol. The lowest BCUT2D eigenvalue weighted by Gasteiger charge is -2.24. The number of carbonyl (C=O) groups is 1. The highest BCUT2D eigenvalue weighted by molar-refractivity contribution is 7.07. The number of methoxy groups -OCH3 is 1. The molecule has 1 aliphatic rings. The number of para-hydroxylation sites is 1. The standard InChI is InChI=1S/C35H32ClN3O3S/c1-20(2)23-14-16-24(17-15-23)32-31(34(41)42-5)21(3)37-35-39(32)33(40)30(43-35)18-27-22(4)38(29-13-9-7-11-26(27)29)19-25-10-6-8-12-28(25)36/h6-18,20,32H,19H2,1-5H3/b30-18-. The monoisotopic (exact) mass is 609 g/mol. The molecule has 0 fully saturated rings. The van der Waals surface area contributed by atoms with Gasteiger partial charge in [-0.15, -0.1) is 0 Å². The Balaban J connectivity index is 1.55. The molecule has 0 spiro atoms. The van der Waals surface area contributed by atoms with Crippen molar-refractivity contribution in [2.75, 3.05) is 7.11 Å². The normalized spacial score (nSPS) is 15.2. The van der Waals surface area contributed by atoms with Crippen molar-refractivity contribution in [1.29, 1.82) is 0 Å². The van der Waals surface area contributed by atoms with E-state index in [-0.39, 0.29) is 5.56 Å². The predicted molar refractivity (Wildman–Crippen MR) is 174 cm³/mol. The highest BCUT2D eigenvalue weighted by Gasteiger charge is 2.33. The van der Waals surface area contributed by atoms with Crippen LogP contribution in [-0.4, -0.2) is 22.2 Å². The van der Waals surface area contributed by atoms with Gasteiger partial charge in [0.15, 0.2) is 4.80 Å². The maximum absolute atomic E-state index is 14.2. The number of hydrogen-bond donors (Lipinski definition) is 0. The van der Waals surface area contributed by atoms with E-state index >= 15 is 0 Å². The topological polar surface area (TPSA) is 65.6 Å². The molecule has 218 valence electrons. The number of nitrogens with zero attached hydrogens (tertiary/aromatic N) is 3. The molecule has 0 aliphatic carbocycles. The highest BCUT2D eigenvalue weighted by Crippen LogP contribution is 2.32. The Bertz CT molecular complexity index is 2100. The first kappa shape index (κ1) is 28.9. The van der Waals surface area contributed by atoms with Crippen molar-refractivity contribution in [3.05, 3.63) is 137 Å². The number of allylic oxidation sites excluding steroid dienone is 1. The van der Waals surface area contributed by atoms with Crippen LogP contribution in [-0.2, 0) is 16.1 Å². The lowest BCUT2D eigenvalue weighted by atomic mass is 9.93. The molecule has 6 nitrogen and oxygen atoms in total. The van der Waals surface area contributed by atoms with Crippen LogP contribution in [0.25, 0.3) is 17.0 Å². The zero-order valence-corrected chi connectivity index (χ0v) is 26.3. The van der Waals surface area contributed by atoms with Crippen LogP contribution in [0.2, 0.25) is 5.02 Å². The van der Waals surface area contributed by atoms with Gasteiger partial charge >= 0.3 is 5.97 Å². The summed E-state index contributed by atoms with van der Waals surface area (Å²) in [5.41, 5.74) is 6.81. The van der Waals surface area contributed by atoms with Gasteiger partial charge in [-0.1, -0.05) is 97.4 Å². The molecule has 0 saturated carbocycles. The third kappa shape index (κ3) is 5.07. The van der Waals surface area contributed by atoms with E-state index in [0.29, 0.717) is 38.1 Å². The van der Waals surface area contributed by atoms with Gasteiger partial charge in [-0.3, -0.25) is 9.36 Å². The molecule has 43 heavy (non-hydrogen) atoms. The average Bonchev–Trinajstić information content (AvgIpc) is 3.45. The van der Waals surface area contributed by atoms with E-state index in [0.717, 1.165) is 33.3 Å².